The van der Waals surface area contributed by atoms with E-state index < -0.39 is 9.84 Å². The molecular formula is C15H29N5O2S. The predicted molar refractivity (Wildman–Crippen MR) is 91.1 cm³/mol. The quantitative estimate of drug-likeness (QED) is 0.686. The highest BCUT2D eigenvalue weighted by molar-refractivity contribution is 7.90. The van der Waals surface area contributed by atoms with E-state index in [0.29, 0.717) is 6.04 Å². The predicted octanol–water partition coefficient (Wildman–Crippen LogP) is 0.547. The summed E-state index contributed by atoms with van der Waals surface area (Å²) in [6.45, 7) is 8.69. The molecule has 0 amide bonds. The van der Waals surface area contributed by atoms with Crippen molar-refractivity contribution >= 4 is 9.84 Å². The molecule has 0 bridgehead atoms. The maximum absolute atomic E-state index is 11.2. The van der Waals surface area contributed by atoms with Crippen LogP contribution in [0.2, 0.25) is 0 Å². The van der Waals surface area contributed by atoms with Crippen LogP contribution in [-0.4, -0.2) is 77.7 Å². The van der Waals surface area contributed by atoms with Crippen molar-refractivity contribution in [2.24, 2.45) is 0 Å². The van der Waals surface area contributed by atoms with Gasteiger partial charge < -0.3 is 9.47 Å². The van der Waals surface area contributed by atoms with Gasteiger partial charge in [0, 0.05) is 25.4 Å². The van der Waals surface area contributed by atoms with E-state index in [1.54, 1.807) is 0 Å². The van der Waals surface area contributed by atoms with Gasteiger partial charge in [-0.2, -0.15) is 0 Å². The van der Waals surface area contributed by atoms with E-state index in [1.165, 1.54) is 6.26 Å². The lowest BCUT2D eigenvalue weighted by molar-refractivity contribution is 0.218. The van der Waals surface area contributed by atoms with Crippen LogP contribution in [0.1, 0.15) is 31.4 Å². The second kappa shape index (κ2) is 7.72. The van der Waals surface area contributed by atoms with Crippen LogP contribution in [0.15, 0.2) is 0 Å². The Morgan fingerprint density at radius 2 is 2.09 bits per heavy atom. The Kier molecular flexibility index (Phi) is 6.16. The van der Waals surface area contributed by atoms with Gasteiger partial charge in [0.2, 0.25) is 0 Å². The Labute approximate surface area is 139 Å². The molecule has 1 atom stereocenters. The van der Waals surface area contributed by atoms with E-state index in [2.05, 4.69) is 38.5 Å². The van der Waals surface area contributed by atoms with Crippen molar-refractivity contribution in [2.75, 3.05) is 38.7 Å². The van der Waals surface area contributed by atoms with Crippen LogP contribution in [0.5, 0.6) is 0 Å². The van der Waals surface area contributed by atoms with E-state index in [9.17, 15) is 8.42 Å². The normalized spacial score (nSPS) is 19.8. The van der Waals surface area contributed by atoms with Crippen LogP contribution < -0.4 is 0 Å². The Hall–Kier alpha value is -0.990. The van der Waals surface area contributed by atoms with Crippen molar-refractivity contribution in [3.63, 3.8) is 0 Å². The minimum atomic E-state index is -2.85. The van der Waals surface area contributed by atoms with Gasteiger partial charge in [-0.25, -0.2) is 8.42 Å². The molecule has 1 aliphatic rings. The number of likely N-dealkylation sites (N-methyl/N-ethyl adjacent to an activating group) is 1. The summed E-state index contributed by atoms with van der Waals surface area (Å²) in [5, 5.41) is 8.45. The van der Waals surface area contributed by atoms with E-state index in [4.69, 9.17) is 0 Å². The first-order valence-corrected chi connectivity index (χ1v) is 10.3. The first kappa shape index (κ1) is 18.4. The molecule has 1 aromatic heterocycles. The van der Waals surface area contributed by atoms with Crippen LogP contribution in [0.4, 0.5) is 0 Å². The van der Waals surface area contributed by atoms with Gasteiger partial charge >= 0.3 is 0 Å². The van der Waals surface area contributed by atoms with Crippen LogP contribution in [0, 0.1) is 6.92 Å². The van der Waals surface area contributed by atoms with Gasteiger partial charge in [-0.3, -0.25) is 4.90 Å². The summed E-state index contributed by atoms with van der Waals surface area (Å²) in [4.78, 5) is 4.70. The zero-order chi connectivity index (χ0) is 17.0. The Balaban J connectivity index is 1.81. The van der Waals surface area contributed by atoms with Crippen LogP contribution >= 0.6 is 0 Å². The molecule has 0 N–H and O–H groups in total. The molecule has 23 heavy (non-hydrogen) atoms. The third-order valence-corrected chi connectivity index (χ3v) is 5.61. The fourth-order valence-corrected chi connectivity index (χ4v) is 3.88. The minimum absolute atomic E-state index is 0.281. The molecule has 7 nitrogen and oxygen atoms in total. The number of sulfone groups is 1. The molecule has 0 radical (unpaired) electrons. The van der Waals surface area contributed by atoms with Crippen molar-refractivity contribution in [1.29, 1.82) is 0 Å². The average Bonchev–Trinajstić information content (AvgIpc) is 3.05. The first-order valence-electron chi connectivity index (χ1n) is 8.29. The van der Waals surface area contributed by atoms with E-state index >= 15 is 0 Å². The lowest BCUT2D eigenvalue weighted by atomic mass is 10.2. The zero-order valence-corrected chi connectivity index (χ0v) is 15.5. The molecule has 0 unspecified atom stereocenters. The molecule has 0 spiro atoms. The maximum atomic E-state index is 11.2. The lowest BCUT2D eigenvalue weighted by Crippen LogP contribution is -2.35. The molecule has 1 aliphatic heterocycles. The molecule has 0 aliphatic carbocycles. The highest BCUT2D eigenvalue weighted by atomic mass is 32.2. The number of hydrogen-bond acceptors (Lipinski definition) is 6. The van der Waals surface area contributed by atoms with Crippen molar-refractivity contribution < 1.29 is 8.42 Å². The minimum Gasteiger partial charge on any atom is -0.314 e. The van der Waals surface area contributed by atoms with Crippen LogP contribution in [0.25, 0.3) is 0 Å². The lowest BCUT2D eigenvalue weighted by Gasteiger charge is -2.24. The summed E-state index contributed by atoms with van der Waals surface area (Å²) >= 11 is 0. The van der Waals surface area contributed by atoms with Gasteiger partial charge in [0.25, 0.3) is 0 Å². The third-order valence-electron chi connectivity index (χ3n) is 4.58. The first-order chi connectivity index (χ1) is 10.8. The second-order valence-electron chi connectivity index (χ2n) is 6.55. The smallest absolute Gasteiger partial charge is 0.147 e. The van der Waals surface area contributed by atoms with Crippen LogP contribution in [-0.2, 0) is 22.9 Å². The average molecular weight is 343 g/mol. The summed E-state index contributed by atoms with van der Waals surface area (Å²) in [5.41, 5.74) is 0. The molecule has 1 saturated heterocycles. The second-order valence-corrected chi connectivity index (χ2v) is 8.81. The molecule has 1 fully saturated rings. The molecule has 2 rings (SSSR count). The van der Waals surface area contributed by atoms with Gasteiger partial charge in [0.05, 0.1) is 12.3 Å². The number of hydrogen-bond donors (Lipinski definition) is 0. The maximum Gasteiger partial charge on any atom is 0.147 e. The monoisotopic (exact) mass is 343 g/mol. The molecule has 0 aromatic carbocycles. The van der Waals surface area contributed by atoms with Gasteiger partial charge in [-0.15, -0.1) is 10.2 Å². The van der Waals surface area contributed by atoms with Gasteiger partial charge in [-0.05, 0) is 46.8 Å². The Morgan fingerprint density at radius 3 is 2.74 bits per heavy atom. The highest BCUT2D eigenvalue weighted by Gasteiger charge is 2.26. The van der Waals surface area contributed by atoms with Gasteiger partial charge in [-0.1, -0.05) is 0 Å². The van der Waals surface area contributed by atoms with E-state index in [1.807, 2.05) is 6.92 Å². The van der Waals surface area contributed by atoms with Crippen LogP contribution in [0.3, 0.4) is 0 Å². The Bertz CT molecular complexity index is 613. The van der Waals surface area contributed by atoms with Crippen molar-refractivity contribution in [2.45, 2.75) is 45.8 Å². The largest absolute Gasteiger partial charge is 0.314 e. The number of nitrogens with zero attached hydrogens (tertiary/aromatic N) is 5. The van der Waals surface area contributed by atoms with Crippen molar-refractivity contribution in [3.05, 3.63) is 11.6 Å². The number of aromatic nitrogens is 3. The zero-order valence-electron chi connectivity index (χ0n) is 14.7. The van der Waals surface area contributed by atoms with Crippen molar-refractivity contribution in [1.82, 2.24) is 24.6 Å². The molecular weight excluding hydrogens is 314 g/mol. The van der Waals surface area contributed by atoms with Gasteiger partial charge in [0.15, 0.2) is 0 Å². The molecule has 1 aromatic rings. The summed E-state index contributed by atoms with van der Waals surface area (Å²) in [7, 11) is -0.713. The topological polar surface area (TPSA) is 71.3 Å². The van der Waals surface area contributed by atoms with Gasteiger partial charge in [0.1, 0.15) is 21.5 Å². The highest BCUT2D eigenvalue weighted by Crippen LogP contribution is 2.17. The summed E-state index contributed by atoms with van der Waals surface area (Å²) in [6.07, 6.45) is 3.15. The SMILES string of the molecule is CCn1c(C)nnc1CN(C)[C@@H]1CCN(CCCS(C)(=O)=O)C1. The summed E-state index contributed by atoms with van der Waals surface area (Å²) < 4.78 is 24.6. The number of likely N-dealkylation sites (tertiary alicyclic amines) is 1. The third kappa shape index (κ3) is 5.26. The van der Waals surface area contributed by atoms with Crippen molar-refractivity contribution in [3.8, 4) is 0 Å². The molecule has 2 heterocycles. The number of rotatable bonds is 8. The van der Waals surface area contributed by atoms with E-state index in [0.717, 1.165) is 57.2 Å². The number of aryl methyl sites for hydroxylation is 1. The molecule has 0 saturated carbocycles. The fourth-order valence-electron chi connectivity index (χ4n) is 3.23. The Morgan fingerprint density at radius 1 is 1.35 bits per heavy atom. The molecule has 8 heteroatoms. The molecule has 132 valence electrons. The summed E-state index contributed by atoms with van der Waals surface area (Å²) in [5.74, 6) is 2.26. The summed E-state index contributed by atoms with van der Waals surface area (Å²) in [6, 6.07) is 0.496. The standard InChI is InChI=1S/C15H29N5O2S/c1-5-20-13(2)16-17-15(20)12-18(3)14-7-9-19(11-14)8-6-10-23(4,21)22/h14H,5-12H2,1-4H3/t14-/m1/s1. The van der Waals surface area contributed by atoms with E-state index in [-0.39, 0.29) is 5.75 Å². The fraction of sp³-hybridized carbons (Fsp3) is 0.867.